The molecule has 0 spiro atoms. The summed E-state index contributed by atoms with van der Waals surface area (Å²) in [4.78, 5) is 30.4. The summed E-state index contributed by atoms with van der Waals surface area (Å²) in [5.74, 6) is -0.451. The van der Waals surface area contributed by atoms with Gasteiger partial charge in [-0.25, -0.2) is 22.3 Å². The smallest absolute Gasteiger partial charge is 0.408 e. The number of ether oxygens (including phenoxy) is 2. The number of unbranched alkanes of at least 4 members (excludes halogenated alkanes) is 1. The Labute approximate surface area is 270 Å². The fourth-order valence-electron chi connectivity index (χ4n) is 5.64. The van der Waals surface area contributed by atoms with Crippen molar-refractivity contribution in [3.05, 3.63) is 89.5 Å². The summed E-state index contributed by atoms with van der Waals surface area (Å²) in [6.45, 7) is 5.25. The first-order valence-corrected chi connectivity index (χ1v) is 16.9. The second-order valence-electron chi connectivity index (χ2n) is 12.4. The van der Waals surface area contributed by atoms with Gasteiger partial charge in [-0.15, -0.1) is 0 Å². The third-order valence-electron chi connectivity index (χ3n) is 7.81. The number of benzene rings is 2. The van der Waals surface area contributed by atoms with Crippen LogP contribution in [0.15, 0.2) is 71.9 Å². The van der Waals surface area contributed by atoms with Crippen molar-refractivity contribution < 1.29 is 31.9 Å². The van der Waals surface area contributed by atoms with Crippen LogP contribution in [0.2, 0.25) is 0 Å². The van der Waals surface area contributed by atoms with Gasteiger partial charge in [0.05, 0.1) is 7.11 Å². The van der Waals surface area contributed by atoms with Crippen LogP contribution in [0.1, 0.15) is 69.1 Å². The molecule has 4 rings (SSSR count). The molecule has 3 N–H and O–H groups in total. The number of rotatable bonds is 13. The fourth-order valence-corrected chi connectivity index (χ4v) is 6.79. The third kappa shape index (κ3) is 9.73. The van der Waals surface area contributed by atoms with Gasteiger partial charge in [0.15, 0.2) is 0 Å². The first-order valence-electron chi connectivity index (χ1n) is 15.5. The van der Waals surface area contributed by atoms with E-state index in [0.717, 1.165) is 29.4 Å². The van der Waals surface area contributed by atoms with Gasteiger partial charge in [0.25, 0.3) is 0 Å². The minimum atomic E-state index is -4.03. The van der Waals surface area contributed by atoms with E-state index >= 15 is 0 Å². The number of hydrogen-bond donors (Lipinski definition) is 3. The molecular formula is C34H43FN4O6S. The molecule has 46 heavy (non-hydrogen) atoms. The number of hydrogen-bond acceptors (Lipinski definition) is 7. The lowest BCUT2D eigenvalue weighted by Gasteiger charge is -2.35. The highest BCUT2D eigenvalue weighted by molar-refractivity contribution is 7.89. The Bertz CT molecular complexity index is 1600. The number of pyridine rings is 1. The number of nitrogens with one attached hydrogen (secondary N) is 3. The topological polar surface area (TPSA) is 136 Å². The maximum Gasteiger partial charge on any atom is 0.408 e. The van der Waals surface area contributed by atoms with Crippen LogP contribution in [0.5, 0.6) is 5.75 Å². The number of aromatic nitrogens is 1. The number of halogens is 1. The van der Waals surface area contributed by atoms with Crippen LogP contribution >= 0.6 is 0 Å². The number of amides is 2. The summed E-state index contributed by atoms with van der Waals surface area (Å²) in [6, 6.07) is 13.9. The van der Waals surface area contributed by atoms with Gasteiger partial charge < -0.3 is 20.1 Å². The van der Waals surface area contributed by atoms with Crippen molar-refractivity contribution >= 4 is 22.0 Å². The zero-order valence-electron chi connectivity index (χ0n) is 26.7. The van der Waals surface area contributed by atoms with Crippen molar-refractivity contribution in [3.8, 4) is 5.75 Å². The second kappa shape index (κ2) is 15.5. The third-order valence-corrected chi connectivity index (χ3v) is 9.31. The van der Waals surface area contributed by atoms with Crippen molar-refractivity contribution in [1.82, 2.24) is 20.3 Å². The lowest BCUT2D eigenvalue weighted by molar-refractivity contribution is -0.124. The highest BCUT2D eigenvalue weighted by atomic mass is 32.2. The minimum Gasteiger partial charge on any atom is -0.497 e. The Hall–Kier alpha value is -4.03. The van der Waals surface area contributed by atoms with Crippen LogP contribution in [0.3, 0.4) is 0 Å². The summed E-state index contributed by atoms with van der Waals surface area (Å²) in [6.07, 6.45) is 5.91. The number of sulfonamides is 1. The number of alkyl carbamates (subject to hydrolysis) is 1. The average molecular weight is 655 g/mol. The van der Waals surface area contributed by atoms with Crippen molar-refractivity contribution in [3.63, 3.8) is 0 Å². The predicted molar refractivity (Wildman–Crippen MR) is 173 cm³/mol. The molecule has 1 heterocycles. The van der Waals surface area contributed by atoms with E-state index in [-0.39, 0.29) is 30.8 Å². The van der Waals surface area contributed by atoms with Gasteiger partial charge in [-0.2, -0.15) is 0 Å². The Morgan fingerprint density at radius 3 is 2.57 bits per heavy atom. The monoisotopic (exact) mass is 654 g/mol. The summed E-state index contributed by atoms with van der Waals surface area (Å²) in [7, 11) is -2.40. The van der Waals surface area contributed by atoms with Crippen molar-refractivity contribution in [2.24, 2.45) is 0 Å². The zero-order valence-corrected chi connectivity index (χ0v) is 27.5. The molecule has 1 aromatic heterocycles. The summed E-state index contributed by atoms with van der Waals surface area (Å²) < 4.78 is 52.4. The molecule has 0 saturated heterocycles. The van der Waals surface area contributed by atoms with E-state index in [1.807, 2.05) is 36.5 Å². The molecule has 0 radical (unpaired) electrons. The largest absolute Gasteiger partial charge is 0.497 e. The summed E-state index contributed by atoms with van der Waals surface area (Å²) in [5.41, 5.74) is 2.57. The van der Waals surface area contributed by atoms with E-state index in [0.29, 0.717) is 25.7 Å². The average Bonchev–Trinajstić information content (AvgIpc) is 3.00. The number of carbonyl (C=O) groups is 2. The van der Waals surface area contributed by atoms with Crippen LogP contribution in [-0.4, -0.2) is 56.7 Å². The molecule has 12 heteroatoms. The molecule has 3 aromatic rings. The summed E-state index contributed by atoms with van der Waals surface area (Å²) >= 11 is 0. The molecule has 0 saturated carbocycles. The van der Waals surface area contributed by atoms with E-state index < -0.39 is 38.5 Å². The van der Waals surface area contributed by atoms with Crippen molar-refractivity contribution in [1.29, 1.82) is 0 Å². The first kappa shape index (κ1) is 34.8. The van der Waals surface area contributed by atoms with Crippen LogP contribution in [-0.2, 0) is 32.4 Å². The Balaban J connectivity index is 1.46. The van der Waals surface area contributed by atoms with Crippen LogP contribution in [0, 0.1) is 5.82 Å². The Morgan fingerprint density at radius 1 is 1.09 bits per heavy atom. The number of methoxy groups -OCH3 is 1. The van der Waals surface area contributed by atoms with E-state index in [1.54, 1.807) is 34.1 Å². The minimum absolute atomic E-state index is 0.0352. The number of aryl methyl sites for hydroxylation is 1. The summed E-state index contributed by atoms with van der Waals surface area (Å²) in [5, 5.41) is 5.92. The normalized spacial score (nSPS) is 17.0. The fraction of sp³-hybridized carbons (Fsp3) is 0.441. The van der Waals surface area contributed by atoms with Gasteiger partial charge in [-0.3, -0.25) is 9.78 Å². The molecule has 0 aliphatic heterocycles. The SMILES string of the molecule is COc1ccc2c(c1)CCC(NC(=O)C(CCCCNS(=O)(=O)c1ccccc1F)NC(=O)OC(C)(C)C)C2Cc1cccnc1. The lowest BCUT2D eigenvalue weighted by atomic mass is 9.76. The predicted octanol–water partition coefficient (Wildman–Crippen LogP) is 5.03. The van der Waals surface area contributed by atoms with E-state index in [2.05, 4.69) is 20.3 Å². The highest BCUT2D eigenvalue weighted by Gasteiger charge is 2.33. The molecule has 10 nitrogen and oxygen atoms in total. The highest BCUT2D eigenvalue weighted by Crippen LogP contribution is 2.36. The van der Waals surface area contributed by atoms with Gasteiger partial charge in [0.1, 0.15) is 28.1 Å². The second-order valence-corrected chi connectivity index (χ2v) is 14.1. The van der Waals surface area contributed by atoms with Gasteiger partial charge in [-0.05, 0) is 106 Å². The molecule has 2 amide bonds. The van der Waals surface area contributed by atoms with Gasteiger partial charge in [0, 0.05) is 30.9 Å². The molecule has 248 valence electrons. The van der Waals surface area contributed by atoms with Crippen LogP contribution in [0.25, 0.3) is 0 Å². The Kier molecular flexibility index (Phi) is 11.7. The maximum absolute atomic E-state index is 14.0. The van der Waals surface area contributed by atoms with Crippen molar-refractivity contribution in [2.45, 2.75) is 87.8 Å². The number of fused-ring (bicyclic) bond motifs is 1. The molecule has 0 bridgehead atoms. The van der Waals surface area contributed by atoms with Crippen molar-refractivity contribution in [2.75, 3.05) is 13.7 Å². The van der Waals surface area contributed by atoms with Gasteiger partial charge in [-0.1, -0.05) is 24.3 Å². The molecule has 3 atom stereocenters. The molecule has 0 fully saturated rings. The molecule has 1 aliphatic carbocycles. The quantitative estimate of drug-likeness (QED) is 0.220. The zero-order chi connectivity index (χ0) is 33.3. The number of carbonyl (C=O) groups excluding carboxylic acids is 2. The lowest BCUT2D eigenvalue weighted by Crippen LogP contribution is -2.52. The van der Waals surface area contributed by atoms with E-state index in [1.165, 1.54) is 23.8 Å². The maximum atomic E-state index is 14.0. The van der Waals surface area contributed by atoms with E-state index in [9.17, 15) is 22.4 Å². The van der Waals surface area contributed by atoms with E-state index in [4.69, 9.17) is 9.47 Å². The van der Waals surface area contributed by atoms with Gasteiger partial charge in [0.2, 0.25) is 15.9 Å². The van der Waals surface area contributed by atoms with Gasteiger partial charge >= 0.3 is 6.09 Å². The Morgan fingerprint density at radius 2 is 1.87 bits per heavy atom. The number of nitrogens with zero attached hydrogens (tertiary/aromatic N) is 1. The molecule has 2 aromatic carbocycles. The standard InChI is InChI=1S/C34H43FN4O6S/c1-34(2,3)45-33(41)39-30(12-7-8-19-37-46(42,43)31-13-6-5-11-28(31)35)32(40)38-29-17-14-24-21-25(44-4)15-16-26(24)27(29)20-23-10-9-18-36-22-23/h5-6,9-11,13,15-16,18,21-22,27,29-30,37H,7-8,12,14,17,19-20H2,1-4H3,(H,38,40)(H,39,41). The van der Waals surface area contributed by atoms with Crippen LogP contribution in [0.4, 0.5) is 9.18 Å². The van der Waals surface area contributed by atoms with Crippen LogP contribution < -0.4 is 20.1 Å². The molecule has 3 unspecified atom stereocenters. The molecular weight excluding hydrogens is 611 g/mol. The molecule has 1 aliphatic rings. The first-order chi connectivity index (χ1) is 21.9.